The molecule has 1 heterocycles. The van der Waals surface area contributed by atoms with Gasteiger partial charge in [-0.05, 0) is 17.7 Å². The quantitative estimate of drug-likeness (QED) is 0.720. The maximum atomic E-state index is 11.8. The number of carbonyl (C=O) groups excluding carboxylic acids is 2. The van der Waals surface area contributed by atoms with Gasteiger partial charge < -0.3 is 24.4 Å². The molecule has 1 aliphatic rings. The standard InChI is InChI=1S/C16H22N2O5/c1-12(19)18(7-5-16(20)17-6-8-21-2)10-13-3-4-14-15(9-13)23-11-22-14/h3-4,9H,5-8,10-11H2,1-2H3,(H,17,20). The Hall–Kier alpha value is -2.28. The van der Waals surface area contributed by atoms with Crippen molar-refractivity contribution >= 4 is 11.8 Å². The molecule has 0 atom stereocenters. The van der Waals surface area contributed by atoms with Crippen LogP contribution in [0.3, 0.4) is 0 Å². The molecule has 126 valence electrons. The van der Waals surface area contributed by atoms with Crippen LogP contribution in [0.5, 0.6) is 11.5 Å². The predicted octanol–water partition coefficient (Wildman–Crippen LogP) is 0.916. The van der Waals surface area contributed by atoms with Crippen LogP contribution in [0.15, 0.2) is 18.2 Å². The monoisotopic (exact) mass is 322 g/mol. The summed E-state index contributed by atoms with van der Waals surface area (Å²) in [5.41, 5.74) is 0.934. The molecule has 7 heteroatoms. The lowest BCUT2D eigenvalue weighted by molar-refractivity contribution is -0.130. The fourth-order valence-electron chi connectivity index (χ4n) is 2.22. The van der Waals surface area contributed by atoms with Crippen molar-refractivity contribution in [3.05, 3.63) is 23.8 Å². The highest BCUT2D eigenvalue weighted by Gasteiger charge is 2.16. The molecule has 0 unspecified atom stereocenters. The molecule has 0 aromatic heterocycles. The van der Waals surface area contributed by atoms with Gasteiger partial charge >= 0.3 is 0 Å². The summed E-state index contributed by atoms with van der Waals surface area (Å²) in [5.74, 6) is 1.22. The average molecular weight is 322 g/mol. The summed E-state index contributed by atoms with van der Waals surface area (Å²) in [6.07, 6.45) is 0.258. The van der Waals surface area contributed by atoms with Crippen molar-refractivity contribution in [2.75, 3.05) is 33.6 Å². The smallest absolute Gasteiger partial charge is 0.231 e. The summed E-state index contributed by atoms with van der Waals surface area (Å²) in [6, 6.07) is 5.58. The Labute approximate surface area is 135 Å². The Morgan fingerprint density at radius 1 is 1.30 bits per heavy atom. The Balaban J connectivity index is 1.86. The van der Waals surface area contributed by atoms with Gasteiger partial charge in [0, 0.05) is 40.1 Å². The largest absolute Gasteiger partial charge is 0.454 e. The molecule has 1 aliphatic heterocycles. The Morgan fingerprint density at radius 2 is 2.09 bits per heavy atom. The number of hydrogen-bond acceptors (Lipinski definition) is 5. The number of fused-ring (bicyclic) bond motifs is 1. The number of amides is 2. The molecule has 7 nitrogen and oxygen atoms in total. The van der Waals surface area contributed by atoms with Crippen molar-refractivity contribution in [3.8, 4) is 11.5 Å². The lowest BCUT2D eigenvalue weighted by Gasteiger charge is -2.21. The summed E-state index contributed by atoms with van der Waals surface area (Å²) in [6.45, 7) is 3.45. The SMILES string of the molecule is COCCNC(=O)CCN(Cc1ccc2c(c1)OCO2)C(C)=O. The number of nitrogens with one attached hydrogen (secondary N) is 1. The van der Waals surface area contributed by atoms with Gasteiger partial charge in [0.05, 0.1) is 6.61 Å². The topological polar surface area (TPSA) is 77.1 Å². The molecule has 0 spiro atoms. The van der Waals surface area contributed by atoms with Gasteiger partial charge in [-0.3, -0.25) is 9.59 Å². The van der Waals surface area contributed by atoms with Crippen molar-refractivity contribution < 1.29 is 23.8 Å². The zero-order valence-electron chi connectivity index (χ0n) is 13.5. The van der Waals surface area contributed by atoms with Gasteiger partial charge in [-0.25, -0.2) is 0 Å². The summed E-state index contributed by atoms with van der Waals surface area (Å²) < 4.78 is 15.5. The third kappa shape index (κ3) is 5.14. The molecule has 0 bridgehead atoms. The summed E-state index contributed by atoms with van der Waals surface area (Å²) >= 11 is 0. The molecular weight excluding hydrogens is 300 g/mol. The van der Waals surface area contributed by atoms with Crippen LogP contribution in [0.1, 0.15) is 18.9 Å². The second kappa shape index (κ2) is 8.38. The van der Waals surface area contributed by atoms with Crippen molar-refractivity contribution in [1.29, 1.82) is 0 Å². The minimum atomic E-state index is -0.0982. The second-order valence-electron chi connectivity index (χ2n) is 5.22. The van der Waals surface area contributed by atoms with E-state index in [1.54, 1.807) is 12.0 Å². The molecule has 0 radical (unpaired) electrons. The van der Waals surface area contributed by atoms with Crippen molar-refractivity contribution in [2.45, 2.75) is 19.9 Å². The normalized spacial score (nSPS) is 12.1. The number of methoxy groups -OCH3 is 1. The first-order chi connectivity index (χ1) is 11.1. The van der Waals surface area contributed by atoms with Gasteiger partial charge in [0.25, 0.3) is 0 Å². The van der Waals surface area contributed by atoms with Crippen LogP contribution in [-0.4, -0.2) is 50.3 Å². The molecule has 23 heavy (non-hydrogen) atoms. The van der Waals surface area contributed by atoms with Gasteiger partial charge in [0.2, 0.25) is 18.6 Å². The summed E-state index contributed by atoms with van der Waals surface area (Å²) in [7, 11) is 1.58. The fourth-order valence-corrected chi connectivity index (χ4v) is 2.22. The van der Waals surface area contributed by atoms with Crippen LogP contribution in [0.25, 0.3) is 0 Å². The maximum Gasteiger partial charge on any atom is 0.231 e. The van der Waals surface area contributed by atoms with Gasteiger partial charge in [-0.1, -0.05) is 6.07 Å². The van der Waals surface area contributed by atoms with E-state index in [1.807, 2.05) is 18.2 Å². The van der Waals surface area contributed by atoms with E-state index >= 15 is 0 Å². The highest BCUT2D eigenvalue weighted by Crippen LogP contribution is 2.32. The zero-order valence-corrected chi connectivity index (χ0v) is 13.5. The van der Waals surface area contributed by atoms with Gasteiger partial charge in [-0.2, -0.15) is 0 Å². The number of rotatable bonds is 8. The van der Waals surface area contributed by atoms with E-state index in [-0.39, 0.29) is 25.0 Å². The van der Waals surface area contributed by atoms with Crippen LogP contribution in [0, 0.1) is 0 Å². The Morgan fingerprint density at radius 3 is 2.83 bits per heavy atom. The number of benzene rings is 1. The summed E-state index contributed by atoms with van der Waals surface area (Å²) in [4.78, 5) is 25.1. The lowest BCUT2D eigenvalue weighted by Crippen LogP contribution is -2.34. The number of carbonyl (C=O) groups is 2. The number of ether oxygens (including phenoxy) is 3. The molecule has 1 aromatic rings. The first kappa shape index (κ1) is 17.1. The minimum absolute atomic E-state index is 0.0765. The van der Waals surface area contributed by atoms with Crippen LogP contribution < -0.4 is 14.8 Å². The molecular formula is C16H22N2O5. The minimum Gasteiger partial charge on any atom is -0.454 e. The highest BCUT2D eigenvalue weighted by atomic mass is 16.7. The average Bonchev–Trinajstić information content (AvgIpc) is 2.99. The lowest BCUT2D eigenvalue weighted by atomic mass is 10.2. The van der Waals surface area contributed by atoms with E-state index in [2.05, 4.69) is 5.32 Å². The van der Waals surface area contributed by atoms with Crippen molar-refractivity contribution in [3.63, 3.8) is 0 Å². The van der Waals surface area contributed by atoms with E-state index in [0.717, 1.165) is 5.56 Å². The van der Waals surface area contributed by atoms with E-state index in [0.29, 0.717) is 37.7 Å². The van der Waals surface area contributed by atoms with Crippen LogP contribution >= 0.6 is 0 Å². The number of hydrogen-bond donors (Lipinski definition) is 1. The molecule has 0 saturated heterocycles. The zero-order chi connectivity index (χ0) is 16.7. The third-order valence-corrected chi connectivity index (χ3v) is 3.49. The maximum absolute atomic E-state index is 11.8. The third-order valence-electron chi connectivity index (χ3n) is 3.49. The first-order valence-electron chi connectivity index (χ1n) is 7.50. The van der Waals surface area contributed by atoms with Crippen LogP contribution in [-0.2, 0) is 20.9 Å². The predicted molar refractivity (Wildman–Crippen MR) is 83.2 cm³/mol. The fraction of sp³-hybridized carbons (Fsp3) is 0.500. The van der Waals surface area contributed by atoms with Crippen LogP contribution in [0.2, 0.25) is 0 Å². The molecule has 1 N–H and O–H groups in total. The van der Waals surface area contributed by atoms with Gasteiger partial charge in [-0.15, -0.1) is 0 Å². The highest BCUT2D eigenvalue weighted by molar-refractivity contribution is 5.78. The van der Waals surface area contributed by atoms with E-state index in [9.17, 15) is 9.59 Å². The van der Waals surface area contributed by atoms with Crippen molar-refractivity contribution in [1.82, 2.24) is 10.2 Å². The molecule has 0 aliphatic carbocycles. The molecule has 1 aromatic carbocycles. The Bertz CT molecular complexity index is 561. The Kier molecular flexibility index (Phi) is 6.22. The van der Waals surface area contributed by atoms with E-state index in [4.69, 9.17) is 14.2 Å². The molecule has 0 saturated carbocycles. The van der Waals surface area contributed by atoms with Gasteiger partial charge in [0.15, 0.2) is 11.5 Å². The molecule has 2 amide bonds. The van der Waals surface area contributed by atoms with E-state index < -0.39 is 0 Å². The number of nitrogens with zero attached hydrogens (tertiary/aromatic N) is 1. The molecule has 2 rings (SSSR count). The molecule has 0 fully saturated rings. The van der Waals surface area contributed by atoms with E-state index in [1.165, 1.54) is 6.92 Å². The first-order valence-corrected chi connectivity index (χ1v) is 7.50. The van der Waals surface area contributed by atoms with Crippen molar-refractivity contribution in [2.24, 2.45) is 0 Å². The second-order valence-corrected chi connectivity index (χ2v) is 5.22. The van der Waals surface area contributed by atoms with Crippen LogP contribution in [0.4, 0.5) is 0 Å². The van der Waals surface area contributed by atoms with Gasteiger partial charge in [0.1, 0.15) is 0 Å². The summed E-state index contributed by atoms with van der Waals surface area (Å²) in [5, 5.41) is 2.74.